The predicted molar refractivity (Wildman–Crippen MR) is 78.4 cm³/mol. The van der Waals surface area contributed by atoms with Crippen molar-refractivity contribution in [3.8, 4) is 0 Å². The molecule has 0 saturated heterocycles. The molecule has 0 fully saturated rings. The minimum atomic E-state index is -0.0580. The third-order valence-electron chi connectivity index (χ3n) is 3.54. The zero-order valence-corrected chi connectivity index (χ0v) is 12.4. The highest BCUT2D eigenvalue weighted by atomic mass is 32.2. The number of amides is 2. The molecule has 0 unspecified atom stereocenters. The first kappa shape index (κ1) is 14.2. The largest absolute Gasteiger partial charge is 0.338 e. The van der Waals surface area contributed by atoms with Gasteiger partial charge in [-0.3, -0.25) is 0 Å². The molecule has 19 heavy (non-hydrogen) atoms. The van der Waals surface area contributed by atoms with Crippen molar-refractivity contribution in [2.24, 2.45) is 5.92 Å². The number of aromatic nitrogens is 2. The number of thioether (sulfide) groups is 1. The third kappa shape index (κ3) is 4.16. The normalized spacial score (nSPS) is 19.6. The van der Waals surface area contributed by atoms with E-state index in [1.807, 2.05) is 12.4 Å². The van der Waals surface area contributed by atoms with Gasteiger partial charge < -0.3 is 15.2 Å². The lowest BCUT2D eigenvalue weighted by Crippen LogP contribution is -2.41. The van der Waals surface area contributed by atoms with Gasteiger partial charge in [-0.25, -0.2) is 9.78 Å². The van der Waals surface area contributed by atoms with E-state index in [9.17, 15) is 4.79 Å². The summed E-state index contributed by atoms with van der Waals surface area (Å²) < 4.78 is 2.18. The summed E-state index contributed by atoms with van der Waals surface area (Å²) in [6.07, 6.45) is 8.02. The van der Waals surface area contributed by atoms with Crippen LogP contribution in [0.1, 0.15) is 19.2 Å². The van der Waals surface area contributed by atoms with Gasteiger partial charge in [0.15, 0.2) is 0 Å². The van der Waals surface area contributed by atoms with Gasteiger partial charge in [-0.15, -0.1) is 0 Å². The molecular weight excluding hydrogens is 260 g/mol. The molecule has 106 valence electrons. The Hall–Kier alpha value is -1.17. The number of nitrogens with one attached hydrogen (secondary N) is 2. The molecule has 5 nitrogen and oxygen atoms in total. The molecule has 2 amide bonds. The summed E-state index contributed by atoms with van der Waals surface area (Å²) in [5, 5.41) is 6.31. The number of rotatable bonds is 5. The first-order valence-corrected chi connectivity index (χ1v) is 8.02. The van der Waals surface area contributed by atoms with E-state index in [0.717, 1.165) is 31.8 Å². The topological polar surface area (TPSA) is 59.0 Å². The quantitative estimate of drug-likeness (QED) is 0.860. The van der Waals surface area contributed by atoms with Crippen LogP contribution in [0.3, 0.4) is 0 Å². The maximum absolute atomic E-state index is 11.7. The zero-order chi connectivity index (χ0) is 13.7. The number of carbonyl (C=O) groups is 1. The van der Waals surface area contributed by atoms with Gasteiger partial charge in [-0.2, -0.15) is 11.8 Å². The van der Waals surface area contributed by atoms with Gasteiger partial charge in [0, 0.05) is 43.7 Å². The first-order valence-electron chi connectivity index (χ1n) is 6.73. The van der Waals surface area contributed by atoms with Crippen LogP contribution in [0, 0.1) is 5.92 Å². The molecule has 0 radical (unpaired) electrons. The van der Waals surface area contributed by atoms with Crippen molar-refractivity contribution in [2.45, 2.75) is 31.6 Å². The molecule has 1 aromatic heterocycles. The number of hydrogen-bond acceptors (Lipinski definition) is 3. The molecule has 2 heterocycles. The molecule has 1 aliphatic heterocycles. The number of imidazole rings is 1. The number of carbonyl (C=O) groups excluding carboxylic acids is 1. The van der Waals surface area contributed by atoms with Crippen molar-refractivity contribution in [3.63, 3.8) is 0 Å². The van der Waals surface area contributed by atoms with Crippen molar-refractivity contribution >= 4 is 17.8 Å². The summed E-state index contributed by atoms with van der Waals surface area (Å²) >= 11 is 1.75. The van der Waals surface area contributed by atoms with E-state index in [2.05, 4.69) is 33.4 Å². The number of aryl methyl sites for hydroxylation is 1. The zero-order valence-electron chi connectivity index (χ0n) is 11.6. The Morgan fingerprint density at radius 1 is 1.63 bits per heavy atom. The third-order valence-corrected chi connectivity index (χ3v) is 4.51. The van der Waals surface area contributed by atoms with E-state index in [4.69, 9.17) is 0 Å². The maximum atomic E-state index is 11.7. The van der Waals surface area contributed by atoms with Crippen LogP contribution in [0.25, 0.3) is 0 Å². The van der Waals surface area contributed by atoms with Crippen LogP contribution in [-0.4, -0.2) is 40.2 Å². The van der Waals surface area contributed by atoms with Crippen LogP contribution in [0.2, 0.25) is 0 Å². The molecule has 0 spiro atoms. The van der Waals surface area contributed by atoms with Crippen LogP contribution in [0.4, 0.5) is 4.79 Å². The second-order valence-corrected chi connectivity index (χ2v) is 6.31. The van der Waals surface area contributed by atoms with Gasteiger partial charge in [0.2, 0.25) is 0 Å². The SMILES string of the molecule is CS[C@H](C)CNC(=O)NC[C@@H]1CCc2nccn2C1. The van der Waals surface area contributed by atoms with Crippen molar-refractivity contribution < 1.29 is 4.79 Å². The average molecular weight is 282 g/mol. The minimum Gasteiger partial charge on any atom is -0.338 e. The van der Waals surface area contributed by atoms with Gasteiger partial charge >= 0.3 is 6.03 Å². The monoisotopic (exact) mass is 282 g/mol. The van der Waals surface area contributed by atoms with E-state index in [0.29, 0.717) is 17.7 Å². The second kappa shape index (κ2) is 6.84. The molecule has 2 rings (SSSR count). The molecule has 0 bridgehead atoms. The highest BCUT2D eigenvalue weighted by Gasteiger charge is 2.19. The Kier molecular flexibility index (Phi) is 5.13. The lowest BCUT2D eigenvalue weighted by atomic mass is 9.99. The maximum Gasteiger partial charge on any atom is 0.314 e. The summed E-state index contributed by atoms with van der Waals surface area (Å²) in [6.45, 7) is 4.50. The van der Waals surface area contributed by atoms with Crippen molar-refractivity contribution in [3.05, 3.63) is 18.2 Å². The van der Waals surface area contributed by atoms with Gasteiger partial charge in [0.1, 0.15) is 5.82 Å². The predicted octanol–water partition coefficient (Wildman–Crippen LogP) is 1.50. The highest BCUT2D eigenvalue weighted by Crippen LogP contribution is 2.17. The minimum absolute atomic E-state index is 0.0580. The fourth-order valence-corrected chi connectivity index (χ4v) is 2.47. The Bertz CT molecular complexity index is 421. The van der Waals surface area contributed by atoms with E-state index >= 15 is 0 Å². The van der Waals surface area contributed by atoms with Gasteiger partial charge in [-0.05, 0) is 18.6 Å². The van der Waals surface area contributed by atoms with Crippen LogP contribution >= 0.6 is 11.8 Å². The Labute approximate surface area is 118 Å². The van der Waals surface area contributed by atoms with Crippen LogP contribution in [0.15, 0.2) is 12.4 Å². The van der Waals surface area contributed by atoms with E-state index in [1.54, 1.807) is 11.8 Å². The number of fused-ring (bicyclic) bond motifs is 1. The summed E-state index contributed by atoms with van der Waals surface area (Å²) in [5.74, 6) is 1.67. The summed E-state index contributed by atoms with van der Waals surface area (Å²) in [7, 11) is 0. The second-order valence-electron chi connectivity index (χ2n) is 5.04. The lowest BCUT2D eigenvalue weighted by Gasteiger charge is -2.24. The van der Waals surface area contributed by atoms with E-state index < -0.39 is 0 Å². The number of hydrogen-bond donors (Lipinski definition) is 2. The lowest BCUT2D eigenvalue weighted by molar-refractivity contribution is 0.236. The van der Waals surface area contributed by atoms with Gasteiger partial charge in [0.05, 0.1) is 0 Å². The van der Waals surface area contributed by atoms with Crippen LogP contribution in [0.5, 0.6) is 0 Å². The van der Waals surface area contributed by atoms with Gasteiger partial charge in [-0.1, -0.05) is 6.92 Å². The molecule has 2 atom stereocenters. The first-order chi connectivity index (χ1) is 9.19. The van der Waals surface area contributed by atoms with Crippen LogP contribution in [-0.2, 0) is 13.0 Å². The molecule has 0 aliphatic carbocycles. The molecule has 1 aliphatic rings. The summed E-state index contributed by atoms with van der Waals surface area (Å²) in [5.41, 5.74) is 0. The fraction of sp³-hybridized carbons (Fsp3) is 0.692. The molecule has 6 heteroatoms. The molecule has 2 N–H and O–H groups in total. The summed E-state index contributed by atoms with van der Waals surface area (Å²) in [6, 6.07) is -0.0580. The Morgan fingerprint density at radius 2 is 2.47 bits per heavy atom. The molecule has 0 aromatic carbocycles. The van der Waals surface area contributed by atoms with E-state index in [1.165, 1.54) is 0 Å². The molecule has 0 saturated carbocycles. The van der Waals surface area contributed by atoms with Crippen molar-refractivity contribution in [1.82, 2.24) is 20.2 Å². The molecular formula is C13H22N4OS. The number of nitrogens with zero attached hydrogens (tertiary/aromatic N) is 2. The van der Waals surface area contributed by atoms with Crippen LogP contribution < -0.4 is 10.6 Å². The fourth-order valence-electron chi connectivity index (χ4n) is 2.22. The molecule has 1 aromatic rings. The van der Waals surface area contributed by atoms with Crippen molar-refractivity contribution in [1.29, 1.82) is 0 Å². The standard InChI is InChI=1S/C13H22N4OS/c1-10(19-2)7-15-13(18)16-8-11-3-4-12-14-5-6-17(12)9-11/h5-6,10-11H,3-4,7-9H2,1-2H3,(H2,15,16,18)/t10-,11+/m1/s1. The average Bonchev–Trinajstić information content (AvgIpc) is 2.89. The Balaban J connectivity index is 1.68. The van der Waals surface area contributed by atoms with E-state index in [-0.39, 0.29) is 6.03 Å². The summed E-state index contributed by atoms with van der Waals surface area (Å²) in [4.78, 5) is 16.0. The smallest absolute Gasteiger partial charge is 0.314 e. The Morgan fingerprint density at radius 3 is 3.26 bits per heavy atom. The number of urea groups is 1. The van der Waals surface area contributed by atoms with Crippen molar-refractivity contribution in [2.75, 3.05) is 19.3 Å². The highest BCUT2D eigenvalue weighted by molar-refractivity contribution is 7.99. The van der Waals surface area contributed by atoms with Gasteiger partial charge in [0.25, 0.3) is 0 Å².